The first kappa shape index (κ1) is 33.3. The molecule has 0 radical (unpaired) electrons. The first-order valence-electron chi connectivity index (χ1n) is 15.3. The lowest BCUT2D eigenvalue weighted by atomic mass is 9.94. The summed E-state index contributed by atoms with van der Waals surface area (Å²) in [6.45, 7) is 15.0. The van der Waals surface area contributed by atoms with Gasteiger partial charge >= 0.3 is 0 Å². The number of ether oxygens (including phenoxy) is 6. The van der Waals surface area contributed by atoms with Crippen molar-refractivity contribution in [1.82, 2.24) is 0 Å². The van der Waals surface area contributed by atoms with Crippen molar-refractivity contribution in [3.63, 3.8) is 0 Å². The fourth-order valence-electron chi connectivity index (χ4n) is 5.00. The minimum absolute atomic E-state index is 0.306. The van der Waals surface area contributed by atoms with Gasteiger partial charge in [0, 0.05) is 14.7 Å². The van der Waals surface area contributed by atoms with Gasteiger partial charge in [-0.3, -0.25) is 0 Å². The average Bonchev–Trinajstić information content (AvgIpc) is 3.02. The number of benzene rings is 3. The molecule has 232 valence electrons. The van der Waals surface area contributed by atoms with Crippen LogP contribution in [-0.2, 0) is 48.2 Å². The van der Waals surface area contributed by atoms with E-state index in [1.807, 2.05) is 61.5 Å². The second-order valence-electron chi connectivity index (χ2n) is 12.3. The Labute approximate surface area is 258 Å². The molecule has 1 heterocycles. The average molecular weight is 605 g/mol. The van der Waals surface area contributed by atoms with Gasteiger partial charge in [-0.1, -0.05) is 117 Å². The van der Waals surface area contributed by atoms with Gasteiger partial charge < -0.3 is 28.4 Å². The molecule has 0 spiro atoms. The summed E-state index contributed by atoms with van der Waals surface area (Å²) in [5, 5.41) is 0. The van der Waals surface area contributed by atoms with E-state index >= 15 is 0 Å². The predicted octanol–water partition coefficient (Wildman–Crippen LogP) is 7.41. The van der Waals surface area contributed by atoms with Crippen molar-refractivity contribution in [2.45, 2.75) is 89.2 Å². The molecule has 1 fully saturated rings. The molecule has 1 aliphatic rings. The number of hydrogen-bond acceptors (Lipinski definition) is 6. The highest BCUT2D eigenvalue weighted by molar-refractivity contribution is 6.76. The second kappa shape index (κ2) is 17.0. The molecule has 4 rings (SSSR count). The van der Waals surface area contributed by atoms with E-state index in [9.17, 15) is 0 Å². The van der Waals surface area contributed by atoms with E-state index in [0.717, 1.165) is 22.7 Å². The molecule has 0 saturated carbocycles. The van der Waals surface area contributed by atoms with Gasteiger partial charge in [-0.05, 0) is 29.7 Å². The predicted molar refractivity (Wildman–Crippen MR) is 173 cm³/mol. The summed E-state index contributed by atoms with van der Waals surface area (Å²) in [7, 11) is -1.34. The van der Waals surface area contributed by atoms with Gasteiger partial charge in [0.05, 0.1) is 32.5 Å². The summed E-state index contributed by atoms with van der Waals surface area (Å²) in [5.41, 5.74) is 3.20. The third-order valence-electron chi connectivity index (χ3n) is 7.46. The van der Waals surface area contributed by atoms with Crippen molar-refractivity contribution in [2.75, 3.05) is 13.2 Å². The molecular weight excluding hydrogens is 556 g/mol. The maximum atomic E-state index is 6.76. The smallest absolute Gasteiger partial charge is 0.186 e. The summed E-state index contributed by atoms with van der Waals surface area (Å²) in [6.07, 6.45) is -1.18. The first-order valence-corrected chi connectivity index (χ1v) is 19.0. The largest absolute Gasteiger partial charge is 0.372 e. The van der Waals surface area contributed by atoms with Crippen LogP contribution in [0.5, 0.6) is 0 Å². The molecule has 0 unspecified atom stereocenters. The fourth-order valence-corrected chi connectivity index (χ4v) is 5.73. The summed E-state index contributed by atoms with van der Waals surface area (Å²) in [5.74, 6) is 0. The molecule has 0 aromatic heterocycles. The van der Waals surface area contributed by atoms with Gasteiger partial charge in [-0.2, -0.15) is 0 Å². The molecule has 0 aliphatic carbocycles. The van der Waals surface area contributed by atoms with Gasteiger partial charge in [0.25, 0.3) is 0 Å². The van der Waals surface area contributed by atoms with E-state index < -0.39 is 38.8 Å². The molecule has 1 saturated heterocycles. The van der Waals surface area contributed by atoms with E-state index in [-0.39, 0.29) is 6.10 Å². The minimum Gasteiger partial charge on any atom is -0.372 e. The number of rotatable bonds is 17. The monoisotopic (exact) mass is 604 g/mol. The Hall–Kier alpha value is -2.62. The van der Waals surface area contributed by atoms with Crippen molar-refractivity contribution >= 4 is 8.07 Å². The Bertz CT molecular complexity index is 1190. The minimum atomic E-state index is -1.34. The van der Waals surface area contributed by atoms with E-state index in [0.29, 0.717) is 33.0 Å². The maximum absolute atomic E-state index is 6.76. The quantitative estimate of drug-likeness (QED) is 0.118. The second-order valence-corrected chi connectivity index (χ2v) is 17.9. The van der Waals surface area contributed by atoms with E-state index in [2.05, 4.69) is 62.6 Å². The molecule has 0 N–H and O–H groups in total. The SMILES string of the molecule is C=CCO[C@@H](C)[C@H]1O[C@@H](OCC[Si](C)(C)C)[C@H](OCc2ccccc2)[C@@H](OCc2ccccc2)[C@H]1OCc1ccccc1. The Morgan fingerprint density at radius 3 is 1.63 bits per heavy atom. The molecule has 3 aromatic rings. The summed E-state index contributed by atoms with van der Waals surface area (Å²) in [6, 6.07) is 31.5. The van der Waals surface area contributed by atoms with Crippen LogP contribution in [0.25, 0.3) is 0 Å². The third-order valence-corrected chi connectivity index (χ3v) is 9.16. The number of hydrogen-bond donors (Lipinski definition) is 0. The Balaban J connectivity index is 1.66. The molecule has 1 aliphatic heterocycles. The van der Waals surface area contributed by atoms with Crippen LogP contribution in [0.1, 0.15) is 23.6 Å². The highest BCUT2D eigenvalue weighted by atomic mass is 28.3. The van der Waals surface area contributed by atoms with Crippen LogP contribution in [0.4, 0.5) is 0 Å². The van der Waals surface area contributed by atoms with Gasteiger partial charge in [0.1, 0.15) is 24.4 Å². The Morgan fingerprint density at radius 1 is 0.698 bits per heavy atom. The van der Waals surface area contributed by atoms with Crippen molar-refractivity contribution in [2.24, 2.45) is 0 Å². The van der Waals surface area contributed by atoms with Crippen LogP contribution >= 0.6 is 0 Å². The van der Waals surface area contributed by atoms with Crippen LogP contribution in [0.15, 0.2) is 104 Å². The zero-order chi connectivity index (χ0) is 30.5. The molecule has 0 bridgehead atoms. The van der Waals surface area contributed by atoms with E-state index in [1.165, 1.54) is 0 Å². The van der Waals surface area contributed by atoms with Crippen LogP contribution in [0.2, 0.25) is 25.7 Å². The van der Waals surface area contributed by atoms with Gasteiger partial charge in [0.2, 0.25) is 0 Å². The topological polar surface area (TPSA) is 55.4 Å². The Kier molecular flexibility index (Phi) is 13.2. The van der Waals surface area contributed by atoms with Crippen molar-refractivity contribution < 1.29 is 28.4 Å². The van der Waals surface area contributed by atoms with Crippen molar-refractivity contribution in [1.29, 1.82) is 0 Å². The van der Waals surface area contributed by atoms with Crippen LogP contribution < -0.4 is 0 Å². The summed E-state index contributed by atoms with van der Waals surface area (Å²) < 4.78 is 39.5. The van der Waals surface area contributed by atoms with Crippen molar-refractivity contribution in [3.05, 3.63) is 120 Å². The van der Waals surface area contributed by atoms with E-state index in [1.54, 1.807) is 6.08 Å². The molecule has 0 amide bonds. The summed E-state index contributed by atoms with van der Waals surface area (Å²) >= 11 is 0. The normalized spacial score (nSPS) is 23.1. The molecular formula is C36H48O6Si. The van der Waals surface area contributed by atoms with Crippen molar-refractivity contribution in [3.8, 4) is 0 Å². The van der Waals surface area contributed by atoms with E-state index in [4.69, 9.17) is 28.4 Å². The fraction of sp³-hybridized carbons (Fsp3) is 0.444. The molecule has 3 aromatic carbocycles. The van der Waals surface area contributed by atoms with Gasteiger partial charge in [-0.15, -0.1) is 6.58 Å². The van der Waals surface area contributed by atoms with Crippen LogP contribution in [-0.4, -0.2) is 58.1 Å². The highest BCUT2D eigenvalue weighted by Crippen LogP contribution is 2.33. The first-order chi connectivity index (χ1) is 20.8. The zero-order valence-electron chi connectivity index (χ0n) is 26.1. The maximum Gasteiger partial charge on any atom is 0.186 e. The third kappa shape index (κ3) is 10.8. The molecule has 43 heavy (non-hydrogen) atoms. The lowest BCUT2D eigenvalue weighted by Gasteiger charge is -2.47. The van der Waals surface area contributed by atoms with Crippen LogP contribution in [0, 0.1) is 0 Å². The van der Waals surface area contributed by atoms with Gasteiger partial charge in [0.15, 0.2) is 6.29 Å². The lowest BCUT2D eigenvalue weighted by molar-refractivity contribution is -0.334. The van der Waals surface area contributed by atoms with Gasteiger partial charge in [-0.25, -0.2) is 0 Å². The lowest BCUT2D eigenvalue weighted by Crippen LogP contribution is -2.63. The zero-order valence-corrected chi connectivity index (χ0v) is 27.1. The standard InChI is InChI=1S/C36H48O6Si/c1-6-22-37-28(2)32-33(39-25-29-16-10-7-11-17-29)34(40-26-30-18-12-8-13-19-30)35(41-27-31-20-14-9-15-21-31)36(42-32)38-23-24-43(3,4)5/h6-21,28,32-36H,1,22-27H2,2-5H3/t28-,32+,33-,34-,35+,36+/m0/s1. The summed E-state index contributed by atoms with van der Waals surface area (Å²) in [4.78, 5) is 0. The molecule has 6 atom stereocenters. The molecule has 7 heteroatoms. The molecule has 6 nitrogen and oxygen atoms in total. The highest BCUT2D eigenvalue weighted by Gasteiger charge is 2.51. The Morgan fingerprint density at radius 2 is 1.16 bits per heavy atom. The van der Waals surface area contributed by atoms with Crippen LogP contribution in [0.3, 0.4) is 0 Å².